The van der Waals surface area contributed by atoms with E-state index in [9.17, 15) is 5.26 Å². The van der Waals surface area contributed by atoms with E-state index in [2.05, 4.69) is 86.4 Å². The van der Waals surface area contributed by atoms with Crippen LogP contribution in [0.2, 0.25) is 0 Å². The van der Waals surface area contributed by atoms with Crippen molar-refractivity contribution < 1.29 is 0 Å². The predicted molar refractivity (Wildman–Crippen MR) is 167 cm³/mol. The van der Waals surface area contributed by atoms with E-state index in [0.717, 1.165) is 72.6 Å². The first-order valence-electron chi connectivity index (χ1n) is 14.4. The molecular weight excluding hydrogens is 530 g/mol. The van der Waals surface area contributed by atoms with Crippen LogP contribution < -0.4 is 10.6 Å². The van der Waals surface area contributed by atoms with Crippen molar-refractivity contribution >= 4 is 44.2 Å². The summed E-state index contributed by atoms with van der Waals surface area (Å²) in [6.45, 7) is 10.3. The lowest BCUT2D eigenvalue weighted by molar-refractivity contribution is 0.211. The number of nitriles is 1. The summed E-state index contributed by atoms with van der Waals surface area (Å²) >= 11 is 1.75. The molecule has 5 aromatic rings. The molecule has 1 aromatic carbocycles. The monoisotopic (exact) mass is 567 g/mol. The molecule has 9 nitrogen and oxygen atoms in total. The molecule has 1 unspecified atom stereocenters. The van der Waals surface area contributed by atoms with Crippen LogP contribution in [0.15, 0.2) is 36.7 Å². The number of rotatable bonds is 9. The molecule has 41 heavy (non-hydrogen) atoms. The number of anilines is 2. The van der Waals surface area contributed by atoms with Gasteiger partial charge < -0.3 is 15.2 Å². The van der Waals surface area contributed by atoms with Gasteiger partial charge in [-0.1, -0.05) is 19.9 Å². The van der Waals surface area contributed by atoms with Crippen LogP contribution in [0.1, 0.15) is 59.9 Å². The number of nitrogens with zero attached hydrogens (tertiary/aromatic N) is 6. The highest BCUT2D eigenvalue weighted by molar-refractivity contribution is 7.18. The third-order valence-electron chi connectivity index (χ3n) is 8.46. The molecule has 0 amide bonds. The van der Waals surface area contributed by atoms with Crippen LogP contribution in [0.25, 0.3) is 21.1 Å². The van der Waals surface area contributed by atoms with Gasteiger partial charge in [0.05, 0.1) is 11.6 Å². The number of benzene rings is 1. The SMILES string of the molecule is CCc1cc2c(NC3CCN(Cc4ccc5c(cc(C#N)n5CC(C)c5cn[nH]c5)c4C)CC3)nc(NC)nc2s1. The lowest BCUT2D eigenvalue weighted by atomic mass is 10.0. The summed E-state index contributed by atoms with van der Waals surface area (Å²) in [7, 11) is 1.87. The van der Waals surface area contributed by atoms with Crippen molar-refractivity contribution in [2.24, 2.45) is 0 Å². The molecule has 4 aromatic heterocycles. The van der Waals surface area contributed by atoms with Crippen LogP contribution in [0.4, 0.5) is 11.8 Å². The molecular formula is C31H37N9S. The standard InChI is InChI=1S/C31H37N9S/c1-5-25-13-27-29(37-31(33-4)38-30(27)41-25)36-23-8-10-39(11-9-23)18-21-6-7-28-26(20(21)3)12-24(14-32)40(28)17-19(2)22-15-34-35-16-22/h6-7,12-13,15-16,19,23H,5,8-11,17-18H2,1-4H3,(H,34,35)(H2,33,36,37,38). The van der Waals surface area contributed by atoms with E-state index in [1.807, 2.05) is 19.4 Å². The summed E-state index contributed by atoms with van der Waals surface area (Å²) in [5, 5.41) is 26.1. The summed E-state index contributed by atoms with van der Waals surface area (Å²) in [5.41, 5.74) is 5.57. The topological polar surface area (TPSA) is 110 Å². The van der Waals surface area contributed by atoms with Gasteiger partial charge in [0.25, 0.3) is 0 Å². The van der Waals surface area contributed by atoms with Gasteiger partial charge in [-0.3, -0.25) is 10.00 Å². The van der Waals surface area contributed by atoms with Gasteiger partial charge in [0, 0.05) is 67.2 Å². The van der Waals surface area contributed by atoms with E-state index in [4.69, 9.17) is 4.98 Å². The first kappa shape index (κ1) is 27.2. The lowest BCUT2D eigenvalue weighted by Crippen LogP contribution is -2.39. The molecule has 1 atom stereocenters. The number of fused-ring (bicyclic) bond motifs is 2. The van der Waals surface area contributed by atoms with Crippen LogP contribution in [0.5, 0.6) is 0 Å². The molecule has 0 saturated carbocycles. The van der Waals surface area contributed by atoms with E-state index >= 15 is 0 Å². The molecule has 0 bridgehead atoms. The van der Waals surface area contributed by atoms with Gasteiger partial charge in [0.1, 0.15) is 22.4 Å². The zero-order valence-electron chi connectivity index (χ0n) is 24.2. The molecule has 0 aliphatic carbocycles. The van der Waals surface area contributed by atoms with Crippen LogP contribution in [0, 0.1) is 18.3 Å². The zero-order valence-corrected chi connectivity index (χ0v) is 25.0. The van der Waals surface area contributed by atoms with Crippen LogP contribution in [-0.4, -0.2) is 55.8 Å². The number of aromatic nitrogens is 5. The van der Waals surface area contributed by atoms with Crippen molar-refractivity contribution in [1.29, 1.82) is 5.26 Å². The lowest BCUT2D eigenvalue weighted by Gasteiger charge is -2.33. The quantitative estimate of drug-likeness (QED) is 0.199. The summed E-state index contributed by atoms with van der Waals surface area (Å²) in [5.74, 6) is 1.86. The Morgan fingerprint density at radius 1 is 1.20 bits per heavy atom. The Labute approximate surface area is 244 Å². The van der Waals surface area contributed by atoms with Gasteiger partial charge in [-0.15, -0.1) is 11.3 Å². The molecule has 1 aliphatic rings. The zero-order chi connectivity index (χ0) is 28.5. The van der Waals surface area contributed by atoms with Crippen molar-refractivity contribution in [1.82, 2.24) is 29.6 Å². The fourth-order valence-corrected chi connectivity index (χ4v) is 6.90. The Hall–Kier alpha value is -3.94. The number of thiophene rings is 1. The van der Waals surface area contributed by atoms with Crippen molar-refractivity contribution in [3.63, 3.8) is 0 Å². The maximum Gasteiger partial charge on any atom is 0.225 e. The van der Waals surface area contributed by atoms with Gasteiger partial charge in [0.15, 0.2) is 0 Å². The Bertz CT molecular complexity index is 1700. The second-order valence-electron chi connectivity index (χ2n) is 11.1. The van der Waals surface area contributed by atoms with Crippen LogP contribution in [0.3, 0.4) is 0 Å². The largest absolute Gasteiger partial charge is 0.367 e. The molecule has 3 N–H and O–H groups in total. The summed E-state index contributed by atoms with van der Waals surface area (Å²) in [6, 6.07) is 11.5. The molecule has 10 heteroatoms. The number of aryl methyl sites for hydroxylation is 2. The van der Waals surface area contributed by atoms with Crippen LogP contribution in [-0.2, 0) is 19.5 Å². The van der Waals surface area contributed by atoms with Crippen molar-refractivity contribution in [2.75, 3.05) is 30.8 Å². The Kier molecular flexibility index (Phi) is 7.65. The van der Waals surface area contributed by atoms with E-state index in [-0.39, 0.29) is 5.92 Å². The highest BCUT2D eigenvalue weighted by atomic mass is 32.1. The van der Waals surface area contributed by atoms with Gasteiger partial charge >= 0.3 is 0 Å². The average Bonchev–Trinajstić information content (AvgIpc) is 3.75. The minimum atomic E-state index is 0.253. The molecule has 212 valence electrons. The van der Waals surface area contributed by atoms with Crippen molar-refractivity contribution in [3.8, 4) is 6.07 Å². The smallest absolute Gasteiger partial charge is 0.225 e. The fraction of sp³-hybridized carbons (Fsp3) is 0.419. The van der Waals surface area contributed by atoms with Crippen molar-refractivity contribution in [2.45, 2.75) is 65.1 Å². The molecule has 1 saturated heterocycles. The maximum absolute atomic E-state index is 9.90. The summed E-state index contributed by atoms with van der Waals surface area (Å²) in [4.78, 5) is 14.3. The fourth-order valence-electron chi connectivity index (χ4n) is 5.93. The molecule has 5 heterocycles. The summed E-state index contributed by atoms with van der Waals surface area (Å²) in [6.07, 6.45) is 6.93. The first-order chi connectivity index (χ1) is 20.0. The number of aromatic amines is 1. The predicted octanol–water partition coefficient (Wildman–Crippen LogP) is 6.03. The van der Waals surface area contributed by atoms with E-state index in [0.29, 0.717) is 17.7 Å². The highest BCUT2D eigenvalue weighted by Gasteiger charge is 2.23. The van der Waals surface area contributed by atoms with E-state index in [1.54, 1.807) is 11.3 Å². The van der Waals surface area contributed by atoms with Gasteiger partial charge in [0.2, 0.25) is 5.95 Å². The minimum absolute atomic E-state index is 0.253. The number of nitrogens with one attached hydrogen (secondary N) is 3. The molecule has 0 spiro atoms. The number of H-pyrrole nitrogens is 1. The molecule has 6 rings (SSSR count). The van der Waals surface area contributed by atoms with Crippen LogP contribution >= 0.6 is 11.3 Å². The highest BCUT2D eigenvalue weighted by Crippen LogP contribution is 2.32. The number of likely N-dealkylation sites (tertiary alicyclic amines) is 1. The maximum atomic E-state index is 9.90. The second kappa shape index (κ2) is 11.5. The van der Waals surface area contributed by atoms with Gasteiger partial charge in [-0.25, -0.2) is 4.98 Å². The van der Waals surface area contributed by atoms with E-state index in [1.165, 1.54) is 21.4 Å². The Morgan fingerprint density at radius 2 is 2.02 bits per heavy atom. The van der Waals surface area contributed by atoms with E-state index < -0.39 is 0 Å². The normalized spacial score (nSPS) is 15.4. The molecule has 1 aliphatic heterocycles. The van der Waals surface area contributed by atoms with Crippen molar-refractivity contribution in [3.05, 3.63) is 63.9 Å². The minimum Gasteiger partial charge on any atom is -0.367 e. The number of piperidine rings is 1. The number of hydrogen-bond donors (Lipinski definition) is 3. The Balaban J connectivity index is 1.14. The third-order valence-corrected chi connectivity index (χ3v) is 9.64. The molecule has 0 radical (unpaired) electrons. The second-order valence-corrected chi connectivity index (χ2v) is 12.2. The summed E-state index contributed by atoms with van der Waals surface area (Å²) < 4.78 is 2.15. The Morgan fingerprint density at radius 3 is 2.73 bits per heavy atom. The third kappa shape index (κ3) is 5.39. The average molecular weight is 568 g/mol. The van der Waals surface area contributed by atoms with Gasteiger partial charge in [-0.05, 0) is 61.1 Å². The number of hydrogen-bond acceptors (Lipinski definition) is 8. The first-order valence-corrected chi connectivity index (χ1v) is 15.3. The molecule has 1 fully saturated rings. The van der Waals surface area contributed by atoms with Gasteiger partial charge in [-0.2, -0.15) is 15.3 Å².